The molecule has 1 fully saturated rings. The summed E-state index contributed by atoms with van der Waals surface area (Å²) in [5.74, 6) is 2.39. The lowest BCUT2D eigenvalue weighted by Crippen LogP contribution is -2.01. The van der Waals surface area contributed by atoms with E-state index in [4.69, 9.17) is 4.98 Å². The highest BCUT2D eigenvalue weighted by molar-refractivity contribution is 5.76. The average Bonchev–Trinajstić information content (AvgIpc) is 3.26. The second-order valence-electron chi connectivity index (χ2n) is 5.90. The van der Waals surface area contributed by atoms with E-state index in [0.29, 0.717) is 0 Å². The minimum atomic E-state index is 0.733. The summed E-state index contributed by atoms with van der Waals surface area (Å²) in [6, 6.07) is 2.08. The van der Waals surface area contributed by atoms with Crippen LogP contribution in [0.4, 0.5) is 0 Å². The molecule has 3 aliphatic rings. The summed E-state index contributed by atoms with van der Waals surface area (Å²) in [4.78, 5) is 9.41. The van der Waals surface area contributed by atoms with Crippen molar-refractivity contribution in [2.45, 2.75) is 26.2 Å². The molecular weight excluding hydrogens is 244 g/mol. The number of allylic oxidation sites excluding steroid dienone is 8. The standard InChI is InChI=1S/C18H18N2/c1-12-9-17(13-5-3-2-4-6-13)20-18(19-12)15-8-7-14-10-16(14)11-15/h3,5-9,11,14,16H,2,4,10H2,1H3. The van der Waals surface area contributed by atoms with Crippen molar-refractivity contribution in [3.05, 3.63) is 59.7 Å². The number of hydrogen-bond donors (Lipinski definition) is 0. The predicted molar refractivity (Wildman–Crippen MR) is 81.8 cm³/mol. The fraction of sp³-hybridized carbons (Fsp3) is 0.333. The van der Waals surface area contributed by atoms with E-state index in [9.17, 15) is 0 Å². The molecule has 0 aromatic carbocycles. The Kier molecular flexibility index (Phi) is 2.69. The minimum absolute atomic E-state index is 0.733. The van der Waals surface area contributed by atoms with Crippen molar-refractivity contribution in [3.8, 4) is 0 Å². The molecule has 0 spiro atoms. The van der Waals surface area contributed by atoms with E-state index in [-0.39, 0.29) is 0 Å². The van der Waals surface area contributed by atoms with Gasteiger partial charge in [0.1, 0.15) is 0 Å². The number of hydrogen-bond acceptors (Lipinski definition) is 2. The minimum Gasteiger partial charge on any atom is -0.233 e. The maximum Gasteiger partial charge on any atom is 0.159 e. The van der Waals surface area contributed by atoms with Crippen LogP contribution in [0.3, 0.4) is 0 Å². The fourth-order valence-corrected chi connectivity index (χ4v) is 2.96. The van der Waals surface area contributed by atoms with Crippen LogP contribution < -0.4 is 0 Å². The Balaban J connectivity index is 1.74. The molecule has 0 saturated heterocycles. The van der Waals surface area contributed by atoms with Crippen LogP contribution in [0, 0.1) is 18.8 Å². The fourth-order valence-electron chi connectivity index (χ4n) is 2.96. The molecule has 2 unspecified atom stereocenters. The van der Waals surface area contributed by atoms with Gasteiger partial charge in [-0.2, -0.15) is 0 Å². The first-order chi connectivity index (χ1) is 9.79. The molecule has 3 aliphatic carbocycles. The molecule has 1 aromatic rings. The summed E-state index contributed by atoms with van der Waals surface area (Å²) < 4.78 is 0. The Morgan fingerprint density at radius 3 is 2.80 bits per heavy atom. The van der Waals surface area contributed by atoms with Crippen LogP contribution >= 0.6 is 0 Å². The van der Waals surface area contributed by atoms with Crippen molar-refractivity contribution < 1.29 is 0 Å². The first kappa shape index (κ1) is 11.8. The highest BCUT2D eigenvalue weighted by atomic mass is 14.9. The van der Waals surface area contributed by atoms with Crippen molar-refractivity contribution in [1.82, 2.24) is 9.97 Å². The monoisotopic (exact) mass is 262 g/mol. The second kappa shape index (κ2) is 4.55. The van der Waals surface area contributed by atoms with Gasteiger partial charge in [0.05, 0.1) is 5.69 Å². The van der Waals surface area contributed by atoms with Gasteiger partial charge in [-0.05, 0) is 49.7 Å². The Morgan fingerprint density at radius 1 is 1.05 bits per heavy atom. The summed E-state index contributed by atoms with van der Waals surface area (Å²) in [5.41, 5.74) is 4.51. The number of aromatic nitrogens is 2. The van der Waals surface area contributed by atoms with Crippen molar-refractivity contribution in [2.24, 2.45) is 11.8 Å². The van der Waals surface area contributed by atoms with Crippen LogP contribution in [0.5, 0.6) is 0 Å². The van der Waals surface area contributed by atoms with E-state index in [1.54, 1.807) is 0 Å². The number of fused-ring (bicyclic) bond motifs is 1. The first-order valence-electron chi connectivity index (χ1n) is 7.43. The highest BCUT2D eigenvalue weighted by Crippen LogP contribution is 2.45. The van der Waals surface area contributed by atoms with Crippen molar-refractivity contribution in [2.75, 3.05) is 0 Å². The van der Waals surface area contributed by atoms with Gasteiger partial charge < -0.3 is 0 Å². The summed E-state index contributed by atoms with van der Waals surface area (Å²) in [6.07, 6.45) is 17.1. The first-order valence-corrected chi connectivity index (χ1v) is 7.43. The quantitative estimate of drug-likeness (QED) is 0.801. The molecule has 1 aromatic heterocycles. The molecule has 0 amide bonds. The van der Waals surface area contributed by atoms with E-state index in [1.807, 2.05) is 0 Å². The zero-order chi connectivity index (χ0) is 13.5. The third-order valence-corrected chi connectivity index (χ3v) is 4.21. The summed E-state index contributed by atoms with van der Waals surface area (Å²) in [6.45, 7) is 2.05. The smallest absolute Gasteiger partial charge is 0.159 e. The molecule has 100 valence electrons. The van der Waals surface area contributed by atoms with E-state index >= 15 is 0 Å². The molecule has 0 radical (unpaired) electrons. The molecule has 2 heteroatoms. The Bertz CT molecular complexity index is 677. The molecular formula is C18H18N2. The van der Waals surface area contributed by atoms with Crippen molar-refractivity contribution >= 4 is 11.1 Å². The molecule has 0 N–H and O–H groups in total. The molecule has 20 heavy (non-hydrogen) atoms. The lowest BCUT2D eigenvalue weighted by molar-refractivity contribution is 0.970. The lowest BCUT2D eigenvalue weighted by Gasteiger charge is -2.11. The van der Waals surface area contributed by atoms with Gasteiger partial charge in [-0.25, -0.2) is 9.97 Å². The number of rotatable bonds is 2. The van der Waals surface area contributed by atoms with Gasteiger partial charge in [0.15, 0.2) is 5.82 Å². The summed E-state index contributed by atoms with van der Waals surface area (Å²) in [5, 5.41) is 0. The van der Waals surface area contributed by atoms with Crippen molar-refractivity contribution in [3.63, 3.8) is 0 Å². The van der Waals surface area contributed by atoms with Gasteiger partial charge in [0, 0.05) is 11.3 Å². The highest BCUT2D eigenvalue weighted by Gasteiger charge is 2.35. The molecule has 1 saturated carbocycles. The SMILES string of the molecule is Cc1cc(C2=CCCC=C2)nc(C2=CC3CC3C=C2)n1. The van der Waals surface area contributed by atoms with E-state index in [0.717, 1.165) is 41.9 Å². The molecule has 4 rings (SSSR count). The van der Waals surface area contributed by atoms with Crippen LogP contribution in [0.2, 0.25) is 0 Å². The third-order valence-electron chi connectivity index (χ3n) is 4.21. The summed E-state index contributed by atoms with van der Waals surface area (Å²) >= 11 is 0. The van der Waals surface area contributed by atoms with Crippen LogP contribution in [0.1, 0.15) is 36.5 Å². The predicted octanol–water partition coefficient (Wildman–Crippen LogP) is 4.11. The second-order valence-corrected chi connectivity index (χ2v) is 5.90. The van der Waals surface area contributed by atoms with Gasteiger partial charge in [-0.3, -0.25) is 0 Å². The molecule has 2 nitrogen and oxygen atoms in total. The van der Waals surface area contributed by atoms with Crippen LogP contribution in [0.25, 0.3) is 11.1 Å². The van der Waals surface area contributed by atoms with Gasteiger partial charge >= 0.3 is 0 Å². The third kappa shape index (κ3) is 2.15. The Hall–Kier alpha value is -1.96. The average molecular weight is 262 g/mol. The van der Waals surface area contributed by atoms with Crippen LogP contribution in [-0.2, 0) is 0 Å². The normalized spacial score (nSPS) is 26.9. The zero-order valence-corrected chi connectivity index (χ0v) is 11.7. The lowest BCUT2D eigenvalue weighted by atomic mass is 10.0. The molecule has 0 aliphatic heterocycles. The Labute approximate surface area is 119 Å². The summed E-state index contributed by atoms with van der Waals surface area (Å²) in [7, 11) is 0. The van der Waals surface area contributed by atoms with Crippen LogP contribution in [0.15, 0.2) is 42.5 Å². The van der Waals surface area contributed by atoms with Gasteiger partial charge in [0.25, 0.3) is 0 Å². The van der Waals surface area contributed by atoms with Crippen molar-refractivity contribution in [1.29, 1.82) is 0 Å². The van der Waals surface area contributed by atoms with E-state index in [2.05, 4.69) is 54.4 Å². The maximum atomic E-state index is 4.78. The van der Waals surface area contributed by atoms with Gasteiger partial charge in [0.2, 0.25) is 0 Å². The number of aryl methyl sites for hydroxylation is 1. The molecule has 2 atom stereocenters. The zero-order valence-electron chi connectivity index (χ0n) is 11.7. The molecule has 0 bridgehead atoms. The topological polar surface area (TPSA) is 25.8 Å². The Morgan fingerprint density at radius 2 is 2.00 bits per heavy atom. The van der Waals surface area contributed by atoms with Crippen LogP contribution in [-0.4, -0.2) is 9.97 Å². The van der Waals surface area contributed by atoms with E-state index in [1.165, 1.54) is 17.6 Å². The van der Waals surface area contributed by atoms with E-state index < -0.39 is 0 Å². The largest absolute Gasteiger partial charge is 0.233 e. The maximum absolute atomic E-state index is 4.78. The van der Waals surface area contributed by atoms with Gasteiger partial charge in [-0.15, -0.1) is 0 Å². The molecule has 1 heterocycles. The van der Waals surface area contributed by atoms with Gasteiger partial charge in [-0.1, -0.05) is 36.5 Å². The number of nitrogens with zero attached hydrogens (tertiary/aromatic N) is 2.